The fourth-order valence-corrected chi connectivity index (χ4v) is 2.96. The molecule has 0 fully saturated rings. The van der Waals surface area contributed by atoms with Gasteiger partial charge in [0.2, 0.25) is 0 Å². The minimum atomic E-state index is -0.830. The van der Waals surface area contributed by atoms with Crippen LogP contribution in [0, 0.1) is 5.82 Å². The Kier molecular flexibility index (Phi) is 5.07. The zero-order valence-corrected chi connectivity index (χ0v) is 14.8. The van der Waals surface area contributed by atoms with Gasteiger partial charge in [0.15, 0.2) is 0 Å². The molecule has 0 aliphatic rings. The second kappa shape index (κ2) is 7.44. The van der Waals surface area contributed by atoms with Gasteiger partial charge in [-0.25, -0.2) is 4.39 Å². The summed E-state index contributed by atoms with van der Waals surface area (Å²) in [5.41, 5.74) is 4.72. The standard InChI is InChI=1S/C21H21FN2O2/c1-23(2)17-7-9-18(10-8-17)24-19(12-14-21(25)26)11-13-20(24)15-3-5-16(22)6-4-15/h3-11,13H,12,14H2,1-2H3,(H,25,26). The van der Waals surface area contributed by atoms with E-state index in [0.717, 1.165) is 28.3 Å². The van der Waals surface area contributed by atoms with Crippen LogP contribution in [0.1, 0.15) is 12.1 Å². The first-order chi connectivity index (χ1) is 12.5. The molecule has 3 aromatic rings. The van der Waals surface area contributed by atoms with Crippen molar-refractivity contribution in [2.45, 2.75) is 12.8 Å². The van der Waals surface area contributed by atoms with Crippen molar-refractivity contribution in [3.8, 4) is 16.9 Å². The molecule has 4 nitrogen and oxygen atoms in total. The van der Waals surface area contributed by atoms with E-state index < -0.39 is 5.97 Å². The van der Waals surface area contributed by atoms with E-state index >= 15 is 0 Å². The van der Waals surface area contributed by atoms with Crippen LogP contribution in [0.15, 0.2) is 60.7 Å². The van der Waals surface area contributed by atoms with Crippen molar-refractivity contribution in [3.05, 3.63) is 72.2 Å². The Morgan fingerprint density at radius 2 is 1.65 bits per heavy atom. The Morgan fingerprint density at radius 3 is 2.23 bits per heavy atom. The first-order valence-corrected chi connectivity index (χ1v) is 8.42. The maximum absolute atomic E-state index is 13.3. The van der Waals surface area contributed by atoms with Gasteiger partial charge in [0.25, 0.3) is 0 Å². The van der Waals surface area contributed by atoms with Crippen LogP contribution >= 0.6 is 0 Å². The van der Waals surface area contributed by atoms with Crippen LogP contribution in [0.25, 0.3) is 16.9 Å². The number of aliphatic carboxylic acids is 1. The Bertz CT molecular complexity index is 897. The van der Waals surface area contributed by atoms with Gasteiger partial charge >= 0.3 is 5.97 Å². The Hall–Kier alpha value is -3.08. The number of rotatable bonds is 6. The number of anilines is 1. The van der Waals surface area contributed by atoms with E-state index in [1.807, 2.05) is 60.0 Å². The normalized spacial score (nSPS) is 10.7. The molecular formula is C21H21FN2O2. The second-order valence-corrected chi connectivity index (χ2v) is 6.36. The molecule has 0 saturated heterocycles. The minimum Gasteiger partial charge on any atom is -0.481 e. The molecular weight excluding hydrogens is 331 g/mol. The summed E-state index contributed by atoms with van der Waals surface area (Å²) in [4.78, 5) is 13.0. The van der Waals surface area contributed by atoms with Crippen molar-refractivity contribution in [3.63, 3.8) is 0 Å². The summed E-state index contributed by atoms with van der Waals surface area (Å²) in [5, 5.41) is 9.03. The number of nitrogens with zero attached hydrogens (tertiary/aromatic N) is 2. The predicted molar refractivity (Wildman–Crippen MR) is 101 cm³/mol. The van der Waals surface area contributed by atoms with Gasteiger partial charge in [-0.2, -0.15) is 0 Å². The molecule has 134 valence electrons. The molecule has 3 rings (SSSR count). The van der Waals surface area contributed by atoms with Gasteiger partial charge < -0.3 is 14.6 Å². The number of halogens is 1. The summed E-state index contributed by atoms with van der Waals surface area (Å²) in [6.45, 7) is 0. The van der Waals surface area contributed by atoms with Crippen LogP contribution in [-0.4, -0.2) is 29.7 Å². The van der Waals surface area contributed by atoms with Crippen molar-refractivity contribution in [1.29, 1.82) is 0 Å². The Balaban J connectivity index is 2.07. The molecule has 0 aliphatic carbocycles. The molecule has 0 amide bonds. The Labute approximate surface area is 152 Å². The zero-order valence-electron chi connectivity index (χ0n) is 14.8. The molecule has 0 aliphatic heterocycles. The van der Waals surface area contributed by atoms with Gasteiger partial charge in [0.05, 0.1) is 12.1 Å². The minimum absolute atomic E-state index is 0.0582. The lowest BCUT2D eigenvalue weighted by Gasteiger charge is -2.17. The number of hydrogen-bond acceptors (Lipinski definition) is 2. The predicted octanol–water partition coefficient (Wildman–Crippen LogP) is 4.37. The highest BCUT2D eigenvalue weighted by molar-refractivity contribution is 5.68. The number of hydrogen-bond donors (Lipinski definition) is 1. The average molecular weight is 352 g/mol. The first-order valence-electron chi connectivity index (χ1n) is 8.42. The van der Waals surface area contributed by atoms with Crippen molar-refractivity contribution >= 4 is 11.7 Å². The summed E-state index contributed by atoms with van der Waals surface area (Å²) in [6, 6.07) is 18.3. The fourth-order valence-electron chi connectivity index (χ4n) is 2.96. The molecule has 0 unspecified atom stereocenters. The highest BCUT2D eigenvalue weighted by atomic mass is 19.1. The second-order valence-electron chi connectivity index (χ2n) is 6.36. The number of aryl methyl sites for hydroxylation is 1. The molecule has 1 N–H and O–H groups in total. The van der Waals surface area contributed by atoms with E-state index in [0.29, 0.717) is 6.42 Å². The van der Waals surface area contributed by atoms with Gasteiger partial charge in [0.1, 0.15) is 5.82 Å². The third-order valence-corrected chi connectivity index (χ3v) is 4.32. The summed E-state index contributed by atoms with van der Waals surface area (Å²) in [7, 11) is 3.96. The fraction of sp³-hybridized carbons (Fsp3) is 0.190. The van der Waals surface area contributed by atoms with Crippen molar-refractivity contribution in [1.82, 2.24) is 4.57 Å². The molecule has 0 spiro atoms. The van der Waals surface area contributed by atoms with E-state index in [-0.39, 0.29) is 12.2 Å². The molecule has 1 heterocycles. The molecule has 1 aromatic heterocycles. The van der Waals surface area contributed by atoms with Crippen LogP contribution in [0.2, 0.25) is 0 Å². The first kappa shape index (κ1) is 17.7. The maximum Gasteiger partial charge on any atom is 0.303 e. The number of carboxylic acid groups (broad SMARTS) is 1. The van der Waals surface area contributed by atoms with E-state index in [1.165, 1.54) is 12.1 Å². The lowest BCUT2D eigenvalue weighted by atomic mass is 10.1. The molecule has 0 radical (unpaired) electrons. The number of carbonyl (C=O) groups is 1. The van der Waals surface area contributed by atoms with Gasteiger partial charge in [-0.05, 0) is 72.6 Å². The SMILES string of the molecule is CN(C)c1ccc(-n2c(CCC(=O)O)ccc2-c2ccc(F)cc2)cc1. The highest BCUT2D eigenvalue weighted by Gasteiger charge is 2.13. The summed E-state index contributed by atoms with van der Waals surface area (Å²) in [6.07, 6.45) is 0.481. The summed E-state index contributed by atoms with van der Waals surface area (Å²) < 4.78 is 15.3. The lowest BCUT2D eigenvalue weighted by molar-refractivity contribution is -0.136. The zero-order chi connectivity index (χ0) is 18.7. The quantitative estimate of drug-likeness (QED) is 0.717. The lowest BCUT2D eigenvalue weighted by Crippen LogP contribution is -2.09. The smallest absolute Gasteiger partial charge is 0.303 e. The van der Waals surface area contributed by atoms with Crippen LogP contribution in [0.5, 0.6) is 0 Å². The molecule has 0 bridgehead atoms. The van der Waals surface area contributed by atoms with Gasteiger partial charge in [-0.1, -0.05) is 0 Å². The summed E-state index contributed by atoms with van der Waals surface area (Å²) in [5.74, 6) is -1.11. The van der Waals surface area contributed by atoms with E-state index in [2.05, 4.69) is 0 Å². The molecule has 0 saturated carbocycles. The van der Waals surface area contributed by atoms with Crippen molar-refractivity contribution in [2.75, 3.05) is 19.0 Å². The topological polar surface area (TPSA) is 45.5 Å². The van der Waals surface area contributed by atoms with Gasteiger partial charge in [0, 0.05) is 31.2 Å². The third-order valence-electron chi connectivity index (χ3n) is 4.32. The Morgan fingerprint density at radius 1 is 1.00 bits per heavy atom. The highest BCUT2D eigenvalue weighted by Crippen LogP contribution is 2.28. The van der Waals surface area contributed by atoms with Crippen molar-refractivity contribution in [2.24, 2.45) is 0 Å². The van der Waals surface area contributed by atoms with Crippen LogP contribution in [0.4, 0.5) is 10.1 Å². The third kappa shape index (κ3) is 3.77. The van der Waals surface area contributed by atoms with Gasteiger partial charge in [-0.3, -0.25) is 4.79 Å². The number of carboxylic acids is 1. The number of benzene rings is 2. The van der Waals surface area contributed by atoms with Crippen LogP contribution in [-0.2, 0) is 11.2 Å². The average Bonchev–Trinajstić information content (AvgIpc) is 3.04. The van der Waals surface area contributed by atoms with Crippen LogP contribution in [0.3, 0.4) is 0 Å². The summed E-state index contributed by atoms with van der Waals surface area (Å²) >= 11 is 0. The monoisotopic (exact) mass is 352 g/mol. The van der Waals surface area contributed by atoms with Crippen molar-refractivity contribution < 1.29 is 14.3 Å². The molecule has 5 heteroatoms. The number of aromatic nitrogens is 1. The van der Waals surface area contributed by atoms with E-state index in [4.69, 9.17) is 5.11 Å². The molecule has 26 heavy (non-hydrogen) atoms. The molecule has 0 atom stereocenters. The van der Waals surface area contributed by atoms with E-state index in [9.17, 15) is 9.18 Å². The van der Waals surface area contributed by atoms with Gasteiger partial charge in [-0.15, -0.1) is 0 Å². The van der Waals surface area contributed by atoms with E-state index in [1.54, 1.807) is 12.1 Å². The molecule has 2 aromatic carbocycles. The van der Waals surface area contributed by atoms with Crippen LogP contribution < -0.4 is 4.90 Å². The maximum atomic E-state index is 13.3. The largest absolute Gasteiger partial charge is 0.481 e.